The van der Waals surface area contributed by atoms with Crippen LogP contribution in [0.3, 0.4) is 0 Å². The van der Waals surface area contributed by atoms with Gasteiger partial charge in [-0.1, -0.05) is 24.7 Å². The van der Waals surface area contributed by atoms with Gasteiger partial charge in [-0.15, -0.1) is 0 Å². The van der Waals surface area contributed by atoms with Crippen LogP contribution in [0, 0.1) is 0 Å². The third-order valence-electron chi connectivity index (χ3n) is 2.84. The highest BCUT2D eigenvalue weighted by Gasteiger charge is 2.24. The van der Waals surface area contributed by atoms with Crippen molar-refractivity contribution >= 4 is 28.2 Å². The predicted molar refractivity (Wildman–Crippen MR) is 80.9 cm³/mol. The Morgan fingerprint density at radius 3 is 2.50 bits per heavy atom. The molecule has 0 aromatic carbocycles. The van der Waals surface area contributed by atoms with Crippen LogP contribution in [0.4, 0.5) is 5.13 Å². The van der Waals surface area contributed by atoms with Crippen molar-refractivity contribution < 1.29 is 14.3 Å². The average molecular weight is 298 g/mol. The van der Waals surface area contributed by atoms with Gasteiger partial charge in [0.2, 0.25) is 0 Å². The van der Waals surface area contributed by atoms with E-state index in [0.29, 0.717) is 10.0 Å². The minimum atomic E-state index is -0.522. The molecule has 1 rings (SSSR count). The molecule has 0 fully saturated rings. The van der Waals surface area contributed by atoms with Gasteiger partial charge in [-0.2, -0.15) is 0 Å². The monoisotopic (exact) mass is 298 g/mol. The molecule has 0 amide bonds. The van der Waals surface area contributed by atoms with Gasteiger partial charge in [0.25, 0.3) is 0 Å². The maximum atomic E-state index is 11.9. The lowest BCUT2D eigenvalue weighted by Gasteiger charge is -2.18. The Labute approximate surface area is 124 Å². The highest BCUT2D eigenvalue weighted by Crippen LogP contribution is 2.27. The molecule has 0 bridgehead atoms. The number of carbonyl (C=O) groups excluding carboxylic acids is 2. The number of anilines is 1. The summed E-state index contributed by atoms with van der Waals surface area (Å²) in [6.07, 6.45) is 2.14. The van der Waals surface area contributed by atoms with Crippen LogP contribution < -0.4 is 4.90 Å². The van der Waals surface area contributed by atoms with E-state index in [0.717, 1.165) is 25.9 Å². The summed E-state index contributed by atoms with van der Waals surface area (Å²) in [7, 11) is 0. The maximum Gasteiger partial charge on any atom is 0.358 e. The molecule has 1 heterocycles. The van der Waals surface area contributed by atoms with Gasteiger partial charge in [-0.05, 0) is 20.3 Å². The molecule has 1 aromatic rings. The number of hydrogen-bond donors (Lipinski definition) is 0. The van der Waals surface area contributed by atoms with Crippen LogP contribution in [0.1, 0.15) is 60.7 Å². The standard InChI is InChI=1S/C14H22N2O3S/c1-5-8-9-16(6-2)14-15-11(13(18)19-7-3)12(20-14)10(4)17/h5-9H2,1-4H3. The summed E-state index contributed by atoms with van der Waals surface area (Å²) in [5, 5.41) is 0.717. The predicted octanol–water partition coefficient (Wildman–Crippen LogP) is 3.15. The highest BCUT2D eigenvalue weighted by atomic mass is 32.1. The van der Waals surface area contributed by atoms with E-state index in [-0.39, 0.29) is 18.1 Å². The number of unbranched alkanes of at least 4 members (excludes halogenated alkanes) is 1. The molecule has 0 aliphatic rings. The second-order valence-electron chi connectivity index (χ2n) is 4.38. The first-order valence-electron chi connectivity index (χ1n) is 6.98. The first kappa shape index (κ1) is 16.6. The van der Waals surface area contributed by atoms with E-state index in [1.165, 1.54) is 18.3 Å². The lowest BCUT2D eigenvalue weighted by molar-refractivity contribution is 0.0517. The normalized spacial score (nSPS) is 10.4. The molecule has 6 heteroatoms. The van der Waals surface area contributed by atoms with Crippen LogP contribution in [-0.2, 0) is 4.74 Å². The van der Waals surface area contributed by atoms with Crippen molar-refractivity contribution in [2.75, 3.05) is 24.6 Å². The van der Waals surface area contributed by atoms with Crippen molar-refractivity contribution in [2.24, 2.45) is 0 Å². The molecule has 0 radical (unpaired) electrons. The molecule has 5 nitrogen and oxygen atoms in total. The molecule has 0 saturated heterocycles. The zero-order valence-corrected chi connectivity index (χ0v) is 13.4. The first-order valence-corrected chi connectivity index (χ1v) is 7.80. The first-order chi connectivity index (χ1) is 9.54. The van der Waals surface area contributed by atoms with E-state index < -0.39 is 5.97 Å². The van der Waals surface area contributed by atoms with Crippen LogP contribution in [-0.4, -0.2) is 36.4 Å². The largest absolute Gasteiger partial charge is 0.461 e. The topological polar surface area (TPSA) is 59.5 Å². The molecule has 1 aromatic heterocycles. The second-order valence-corrected chi connectivity index (χ2v) is 5.36. The molecule has 20 heavy (non-hydrogen) atoms. The van der Waals surface area contributed by atoms with Gasteiger partial charge in [0.05, 0.1) is 6.61 Å². The molecule has 0 N–H and O–H groups in total. The number of carbonyl (C=O) groups is 2. The number of rotatable bonds is 8. The Bertz CT molecular complexity index is 471. The van der Waals surface area contributed by atoms with E-state index in [1.54, 1.807) is 6.92 Å². The number of nitrogens with zero attached hydrogens (tertiary/aromatic N) is 2. The zero-order chi connectivity index (χ0) is 15.1. The Hall–Kier alpha value is -1.43. The van der Waals surface area contributed by atoms with Crippen molar-refractivity contribution in [3.05, 3.63) is 10.6 Å². The number of aromatic nitrogens is 1. The van der Waals surface area contributed by atoms with Crippen molar-refractivity contribution in [2.45, 2.75) is 40.5 Å². The molecule has 0 aliphatic heterocycles. The lowest BCUT2D eigenvalue weighted by atomic mass is 10.3. The van der Waals surface area contributed by atoms with Crippen LogP contribution in [0.2, 0.25) is 0 Å². The summed E-state index contributed by atoms with van der Waals surface area (Å²) in [4.78, 5) is 30.3. The molecule has 0 unspecified atom stereocenters. The zero-order valence-electron chi connectivity index (χ0n) is 12.6. The van der Waals surface area contributed by atoms with E-state index in [9.17, 15) is 9.59 Å². The molecule has 0 spiro atoms. The maximum absolute atomic E-state index is 11.9. The van der Waals surface area contributed by atoms with E-state index in [4.69, 9.17) is 4.74 Å². The molecular weight excluding hydrogens is 276 g/mol. The summed E-state index contributed by atoms with van der Waals surface area (Å²) in [5.74, 6) is -0.671. The number of ether oxygens (including phenoxy) is 1. The van der Waals surface area contributed by atoms with Gasteiger partial charge in [0, 0.05) is 20.0 Å². The van der Waals surface area contributed by atoms with Crippen LogP contribution >= 0.6 is 11.3 Å². The van der Waals surface area contributed by atoms with Gasteiger partial charge in [-0.3, -0.25) is 4.79 Å². The highest BCUT2D eigenvalue weighted by molar-refractivity contribution is 7.17. The fourth-order valence-corrected chi connectivity index (χ4v) is 2.80. The molecule has 0 saturated carbocycles. The molecular formula is C14H22N2O3S. The summed E-state index contributed by atoms with van der Waals surface area (Å²) < 4.78 is 4.96. The average Bonchev–Trinajstić information content (AvgIpc) is 2.85. The minimum Gasteiger partial charge on any atom is -0.461 e. The summed E-state index contributed by atoms with van der Waals surface area (Å²) in [5.41, 5.74) is 0.147. The Morgan fingerprint density at radius 1 is 1.30 bits per heavy atom. The third kappa shape index (κ3) is 4.03. The molecule has 0 atom stereocenters. The van der Waals surface area contributed by atoms with E-state index in [2.05, 4.69) is 16.8 Å². The smallest absolute Gasteiger partial charge is 0.358 e. The number of thiazole rings is 1. The van der Waals surface area contributed by atoms with Crippen LogP contribution in [0.15, 0.2) is 0 Å². The quantitative estimate of drug-likeness (QED) is 0.545. The Balaban J connectivity index is 3.07. The lowest BCUT2D eigenvalue weighted by Crippen LogP contribution is -2.23. The van der Waals surface area contributed by atoms with Gasteiger partial charge in [0.15, 0.2) is 16.6 Å². The van der Waals surface area contributed by atoms with Crippen LogP contribution in [0.5, 0.6) is 0 Å². The summed E-state index contributed by atoms with van der Waals surface area (Å²) in [6.45, 7) is 9.29. The number of esters is 1. The van der Waals surface area contributed by atoms with Gasteiger partial charge < -0.3 is 9.64 Å². The molecule has 0 aliphatic carbocycles. The fourth-order valence-electron chi connectivity index (χ4n) is 1.76. The van der Waals surface area contributed by atoms with Crippen LogP contribution in [0.25, 0.3) is 0 Å². The Kier molecular flexibility index (Phi) is 6.64. The molecule has 112 valence electrons. The Morgan fingerprint density at radius 2 is 2.00 bits per heavy atom. The van der Waals surface area contributed by atoms with Crippen molar-refractivity contribution in [1.29, 1.82) is 0 Å². The third-order valence-corrected chi connectivity index (χ3v) is 4.06. The minimum absolute atomic E-state index is 0.147. The second kappa shape index (κ2) is 7.99. The summed E-state index contributed by atoms with van der Waals surface area (Å²) in [6, 6.07) is 0. The van der Waals surface area contributed by atoms with E-state index >= 15 is 0 Å². The van der Waals surface area contributed by atoms with Gasteiger partial charge in [0.1, 0.15) is 4.88 Å². The van der Waals surface area contributed by atoms with E-state index in [1.807, 2.05) is 6.92 Å². The summed E-state index contributed by atoms with van der Waals surface area (Å²) >= 11 is 1.27. The number of Topliss-reactive ketones (excluding diaryl/α,β-unsaturated/α-hetero) is 1. The number of hydrogen-bond acceptors (Lipinski definition) is 6. The van der Waals surface area contributed by atoms with Crippen molar-refractivity contribution in [3.63, 3.8) is 0 Å². The van der Waals surface area contributed by atoms with Crippen molar-refractivity contribution in [3.8, 4) is 0 Å². The SMILES string of the molecule is CCCCN(CC)c1nc(C(=O)OCC)c(C(C)=O)s1. The van der Waals surface area contributed by atoms with Crippen molar-refractivity contribution in [1.82, 2.24) is 4.98 Å². The fraction of sp³-hybridized carbons (Fsp3) is 0.643. The number of ketones is 1. The van der Waals surface area contributed by atoms with Gasteiger partial charge >= 0.3 is 5.97 Å². The van der Waals surface area contributed by atoms with Gasteiger partial charge in [-0.25, -0.2) is 9.78 Å².